The van der Waals surface area contributed by atoms with Gasteiger partial charge in [0.05, 0.1) is 7.11 Å². The SMILES string of the molecule is CC#C[C@@H]1C[C@H](N)CN(Cc2ccc(OC)cc2)C1.Cl. The van der Waals surface area contributed by atoms with E-state index in [1.165, 1.54) is 5.56 Å². The lowest BCUT2D eigenvalue weighted by molar-refractivity contribution is 0.174. The van der Waals surface area contributed by atoms with Gasteiger partial charge < -0.3 is 10.5 Å². The van der Waals surface area contributed by atoms with Crippen molar-refractivity contribution >= 4 is 12.4 Å². The molecule has 1 fully saturated rings. The van der Waals surface area contributed by atoms with Gasteiger partial charge in [0, 0.05) is 31.6 Å². The summed E-state index contributed by atoms with van der Waals surface area (Å²) in [5.74, 6) is 7.57. The Hall–Kier alpha value is -1.21. The molecule has 0 spiro atoms. The van der Waals surface area contributed by atoms with Crippen molar-refractivity contribution in [2.24, 2.45) is 11.7 Å². The Bertz CT molecular complexity index is 464. The molecule has 2 rings (SSSR count). The number of halogens is 1. The molecule has 0 bridgehead atoms. The molecule has 1 saturated heterocycles. The van der Waals surface area contributed by atoms with E-state index >= 15 is 0 Å². The van der Waals surface area contributed by atoms with Crippen molar-refractivity contribution in [1.29, 1.82) is 0 Å². The number of methoxy groups -OCH3 is 1. The molecular formula is C16H23ClN2O. The van der Waals surface area contributed by atoms with Gasteiger partial charge in [0.1, 0.15) is 5.75 Å². The first kappa shape index (κ1) is 16.8. The summed E-state index contributed by atoms with van der Waals surface area (Å²) < 4.78 is 5.17. The van der Waals surface area contributed by atoms with Crippen molar-refractivity contribution < 1.29 is 4.74 Å². The van der Waals surface area contributed by atoms with Gasteiger partial charge in [-0.05, 0) is 31.0 Å². The Balaban J connectivity index is 0.00000200. The minimum absolute atomic E-state index is 0. The fourth-order valence-corrected chi connectivity index (χ4v) is 2.66. The van der Waals surface area contributed by atoms with Crippen LogP contribution in [-0.4, -0.2) is 31.1 Å². The number of piperidine rings is 1. The molecule has 1 aromatic carbocycles. The lowest BCUT2D eigenvalue weighted by atomic mass is 9.95. The zero-order chi connectivity index (χ0) is 13.7. The lowest BCUT2D eigenvalue weighted by Gasteiger charge is -2.34. The van der Waals surface area contributed by atoms with Gasteiger partial charge in [0.25, 0.3) is 0 Å². The van der Waals surface area contributed by atoms with Crippen LogP contribution in [0.5, 0.6) is 5.75 Å². The summed E-state index contributed by atoms with van der Waals surface area (Å²) in [6, 6.07) is 8.46. The average molecular weight is 295 g/mol. The molecule has 20 heavy (non-hydrogen) atoms. The molecule has 1 aromatic rings. The van der Waals surface area contributed by atoms with Crippen LogP contribution in [0, 0.1) is 17.8 Å². The minimum atomic E-state index is 0. The molecule has 2 atom stereocenters. The summed E-state index contributed by atoms with van der Waals surface area (Å²) in [5.41, 5.74) is 7.41. The van der Waals surface area contributed by atoms with Crippen molar-refractivity contribution in [3.8, 4) is 17.6 Å². The molecule has 3 nitrogen and oxygen atoms in total. The predicted octanol–water partition coefficient (Wildman–Crippen LogP) is 2.29. The van der Waals surface area contributed by atoms with Crippen molar-refractivity contribution in [1.82, 2.24) is 4.90 Å². The molecule has 2 N–H and O–H groups in total. The first-order valence-electron chi connectivity index (χ1n) is 6.74. The fraction of sp³-hybridized carbons (Fsp3) is 0.500. The smallest absolute Gasteiger partial charge is 0.118 e. The highest BCUT2D eigenvalue weighted by atomic mass is 35.5. The van der Waals surface area contributed by atoms with E-state index in [-0.39, 0.29) is 18.4 Å². The summed E-state index contributed by atoms with van der Waals surface area (Å²) in [6.45, 7) is 4.79. The van der Waals surface area contributed by atoms with E-state index in [9.17, 15) is 0 Å². The first-order chi connectivity index (χ1) is 9.21. The number of nitrogens with two attached hydrogens (primary N) is 1. The summed E-state index contributed by atoms with van der Waals surface area (Å²) in [7, 11) is 1.69. The molecule has 0 aliphatic carbocycles. The third-order valence-electron chi connectivity index (χ3n) is 3.47. The quantitative estimate of drug-likeness (QED) is 0.869. The number of hydrogen-bond acceptors (Lipinski definition) is 3. The Kier molecular flexibility index (Phi) is 6.87. The van der Waals surface area contributed by atoms with Gasteiger partial charge in [-0.25, -0.2) is 0 Å². The van der Waals surface area contributed by atoms with Gasteiger partial charge in [-0.15, -0.1) is 18.3 Å². The molecule has 0 radical (unpaired) electrons. The largest absolute Gasteiger partial charge is 0.497 e. The molecule has 1 aliphatic heterocycles. The van der Waals surface area contributed by atoms with Crippen molar-refractivity contribution in [2.45, 2.75) is 25.9 Å². The third-order valence-corrected chi connectivity index (χ3v) is 3.47. The number of hydrogen-bond donors (Lipinski definition) is 1. The van der Waals surface area contributed by atoms with E-state index in [0.29, 0.717) is 5.92 Å². The maximum Gasteiger partial charge on any atom is 0.118 e. The Morgan fingerprint density at radius 2 is 2.00 bits per heavy atom. The van der Waals surface area contributed by atoms with Crippen molar-refractivity contribution in [3.05, 3.63) is 29.8 Å². The third kappa shape index (κ3) is 4.72. The van der Waals surface area contributed by atoms with Crippen LogP contribution in [0.25, 0.3) is 0 Å². The zero-order valence-corrected chi connectivity index (χ0v) is 13.0. The Morgan fingerprint density at radius 3 is 2.60 bits per heavy atom. The highest BCUT2D eigenvalue weighted by Gasteiger charge is 2.23. The lowest BCUT2D eigenvalue weighted by Crippen LogP contribution is -2.46. The highest BCUT2D eigenvalue weighted by Crippen LogP contribution is 2.19. The first-order valence-corrected chi connectivity index (χ1v) is 6.74. The van der Waals surface area contributed by atoms with Crippen molar-refractivity contribution in [3.63, 3.8) is 0 Å². The zero-order valence-electron chi connectivity index (χ0n) is 12.1. The molecule has 4 heteroatoms. The maximum absolute atomic E-state index is 6.12. The number of ether oxygens (including phenoxy) is 1. The molecule has 0 unspecified atom stereocenters. The van der Waals surface area contributed by atoms with Gasteiger partial charge >= 0.3 is 0 Å². The second-order valence-corrected chi connectivity index (χ2v) is 5.13. The van der Waals surface area contributed by atoms with E-state index in [4.69, 9.17) is 10.5 Å². The van der Waals surface area contributed by atoms with E-state index in [1.54, 1.807) is 7.11 Å². The van der Waals surface area contributed by atoms with Crippen LogP contribution in [0.1, 0.15) is 18.9 Å². The number of rotatable bonds is 3. The van der Waals surface area contributed by atoms with Gasteiger partial charge in [0.15, 0.2) is 0 Å². The van der Waals surface area contributed by atoms with Crippen LogP contribution in [-0.2, 0) is 6.54 Å². The van der Waals surface area contributed by atoms with Gasteiger partial charge in [-0.2, -0.15) is 0 Å². The minimum Gasteiger partial charge on any atom is -0.497 e. The molecular weight excluding hydrogens is 272 g/mol. The van der Waals surface area contributed by atoms with Crippen molar-refractivity contribution in [2.75, 3.05) is 20.2 Å². The van der Waals surface area contributed by atoms with E-state index in [0.717, 1.165) is 31.8 Å². The monoisotopic (exact) mass is 294 g/mol. The van der Waals surface area contributed by atoms with E-state index in [2.05, 4.69) is 28.9 Å². The van der Waals surface area contributed by atoms with Gasteiger partial charge in [-0.1, -0.05) is 18.1 Å². The standard InChI is InChI=1S/C16H22N2O.ClH/c1-3-4-14-9-15(17)12-18(11-14)10-13-5-7-16(19-2)8-6-13;/h5-8,14-15H,9-12,17H2,1-2H3;1H/t14-,15+;/m1./s1. The predicted molar refractivity (Wildman–Crippen MR) is 85.1 cm³/mol. The average Bonchev–Trinajstić information content (AvgIpc) is 2.39. The summed E-state index contributed by atoms with van der Waals surface area (Å²) in [5, 5.41) is 0. The van der Waals surface area contributed by atoms with Crippen LogP contribution in [0.3, 0.4) is 0 Å². The summed E-state index contributed by atoms with van der Waals surface area (Å²) >= 11 is 0. The summed E-state index contributed by atoms with van der Waals surface area (Å²) in [6.07, 6.45) is 1.01. The topological polar surface area (TPSA) is 38.5 Å². The van der Waals surface area contributed by atoms with Crippen LogP contribution in [0.15, 0.2) is 24.3 Å². The number of nitrogens with zero attached hydrogens (tertiary/aromatic N) is 1. The maximum atomic E-state index is 6.12. The molecule has 1 heterocycles. The molecule has 0 amide bonds. The second kappa shape index (κ2) is 8.16. The normalized spacial score (nSPS) is 22.4. The van der Waals surface area contributed by atoms with E-state index < -0.39 is 0 Å². The van der Waals surface area contributed by atoms with Crippen LogP contribution in [0.4, 0.5) is 0 Å². The van der Waals surface area contributed by atoms with Gasteiger partial charge in [-0.3, -0.25) is 4.90 Å². The van der Waals surface area contributed by atoms with Crippen LogP contribution >= 0.6 is 12.4 Å². The van der Waals surface area contributed by atoms with Crippen LogP contribution in [0.2, 0.25) is 0 Å². The highest BCUT2D eigenvalue weighted by molar-refractivity contribution is 5.85. The molecule has 0 aromatic heterocycles. The Labute approximate surface area is 127 Å². The van der Waals surface area contributed by atoms with Gasteiger partial charge in [0.2, 0.25) is 0 Å². The molecule has 110 valence electrons. The Morgan fingerprint density at radius 1 is 1.30 bits per heavy atom. The molecule has 1 aliphatic rings. The fourth-order valence-electron chi connectivity index (χ4n) is 2.66. The number of likely N-dealkylation sites (tertiary alicyclic amines) is 1. The van der Waals surface area contributed by atoms with Crippen LogP contribution < -0.4 is 10.5 Å². The van der Waals surface area contributed by atoms with E-state index in [1.807, 2.05) is 19.1 Å². The second-order valence-electron chi connectivity index (χ2n) is 5.13. The molecule has 0 saturated carbocycles. The summed E-state index contributed by atoms with van der Waals surface area (Å²) in [4.78, 5) is 2.39. The number of benzene rings is 1.